The van der Waals surface area contributed by atoms with E-state index >= 15 is 0 Å². The lowest BCUT2D eigenvalue weighted by molar-refractivity contribution is 0.0528. The average Bonchev–Trinajstić information content (AvgIpc) is 3.45. The van der Waals surface area contributed by atoms with Crippen LogP contribution in [0.4, 0.5) is 5.13 Å². The number of ether oxygens (including phenoxy) is 1. The first kappa shape index (κ1) is 25.0. The standard InChI is InChI=1S/C25H31ClN6O3S/c1-3-16-21(26)31-22(28-16)23(33)29-17-11-12-32(13-19(17)27-14-7-5-8-14)25-30-18-10-6-9-15(20(18)36-25)24(34)35-4-2/h6,9-10,14,17,19,27H,3-5,7-8,11-13H2,1-2H3,(H,28,31)(H,29,33)/t17-,19+/m1/s1. The summed E-state index contributed by atoms with van der Waals surface area (Å²) in [7, 11) is 0. The number of nitrogens with one attached hydrogen (secondary N) is 3. The molecule has 3 heterocycles. The first-order valence-corrected chi connectivity index (χ1v) is 13.8. The van der Waals surface area contributed by atoms with Gasteiger partial charge in [0.25, 0.3) is 5.91 Å². The Morgan fingerprint density at radius 3 is 2.75 bits per heavy atom. The zero-order valence-electron chi connectivity index (χ0n) is 20.5. The summed E-state index contributed by atoms with van der Waals surface area (Å²) in [6.45, 7) is 5.54. The maximum Gasteiger partial charge on any atom is 0.339 e. The number of hydrogen-bond donors (Lipinski definition) is 3. The smallest absolute Gasteiger partial charge is 0.339 e. The van der Waals surface area contributed by atoms with Crippen LogP contribution in [0.3, 0.4) is 0 Å². The molecule has 2 aromatic heterocycles. The first-order chi connectivity index (χ1) is 17.5. The van der Waals surface area contributed by atoms with Crippen LogP contribution < -0.4 is 15.5 Å². The van der Waals surface area contributed by atoms with Crippen molar-refractivity contribution in [1.29, 1.82) is 0 Å². The molecule has 2 atom stereocenters. The highest BCUT2D eigenvalue weighted by Gasteiger charge is 2.35. The molecule has 0 unspecified atom stereocenters. The van der Waals surface area contributed by atoms with Gasteiger partial charge in [-0.15, -0.1) is 0 Å². The number of aromatic amines is 1. The molecule has 1 amide bonds. The molecule has 0 bridgehead atoms. The van der Waals surface area contributed by atoms with Crippen LogP contribution in [0, 0.1) is 0 Å². The average molecular weight is 531 g/mol. The molecule has 2 aliphatic rings. The summed E-state index contributed by atoms with van der Waals surface area (Å²) < 4.78 is 6.07. The Labute approximate surface area is 219 Å². The van der Waals surface area contributed by atoms with Crippen molar-refractivity contribution in [1.82, 2.24) is 25.6 Å². The molecule has 3 N–H and O–H groups in total. The lowest BCUT2D eigenvalue weighted by atomic mass is 9.90. The predicted octanol–water partition coefficient (Wildman–Crippen LogP) is 3.93. The van der Waals surface area contributed by atoms with Crippen molar-refractivity contribution >= 4 is 50.2 Å². The minimum atomic E-state index is -0.325. The van der Waals surface area contributed by atoms with Gasteiger partial charge in [0.05, 0.1) is 28.1 Å². The van der Waals surface area contributed by atoms with E-state index in [4.69, 9.17) is 21.3 Å². The van der Waals surface area contributed by atoms with Crippen LogP contribution in [0.2, 0.25) is 5.15 Å². The zero-order chi connectivity index (χ0) is 25.2. The second-order valence-electron chi connectivity index (χ2n) is 9.29. The number of imidazole rings is 1. The van der Waals surface area contributed by atoms with Gasteiger partial charge in [0.2, 0.25) is 0 Å². The molecule has 9 nitrogen and oxygen atoms in total. The van der Waals surface area contributed by atoms with Gasteiger partial charge in [-0.1, -0.05) is 42.3 Å². The molecule has 0 spiro atoms. The summed E-state index contributed by atoms with van der Waals surface area (Å²) in [6, 6.07) is 6.02. The number of carbonyl (C=O) groups is 2. The molecule has 192 valence electrons. The van der Waals surface area contributed by atoms with Crippen molar-refractivity contribution < 1.29 is 14.3 Å². The van der Waals surface area contributed by atoms with E-state index in [-0.39, 0.29) is 29.8 Å². The molecule has 3 aromatic rings. The molecule has 0 radical (unpaired) electrons. The van der Waals surface area contributed by atoms with Crippen molar-refractivity contribution in [3.05, 3.63) is 40.4 Å². The summed E-state index contributed by atoms with van der Waals surface area (Å²) >= 11 is 7.66. The van der Waals surface area contributed by atoms with Gasteiger partial charge in [0.1, 0.15) is 0 Å². The second-order valence-corrected chi connectivity index (χ2v) is 10.6. The predicted molar refractivity (Wildman–Crippen MR) is 141 cm³/mol. The Morgan fingerprint density at radius 1 is 1.22 bits per heavy atom. The van der Waals surface area contributed by atoms with Crippen molar-refractivity contribution in [2.75, 3.05) is 24.6 Å². The highest BCUT2D eigenvalue weighted by Crippen LogP contribution is 2.33. The molecule has 1 saturated heterocycles. The number of carbonyl (C=O) groups excluding carboxylic acids is 2. The number of aromatic nitrogens is 3. The molecular weight excluding hydrogens is 500 g/mol. The largest absolute Gasteiger partial charge is 0.462 e. The lowest BCUT2D eigenvalue weighted by Gasteiger charge is -2.42. The molecule has 5 rings (SSSR count). The number of esters is 1. The molecule has 11 heteroatoms. The van der Waals surface area contributed by atoms with Gasteiger partial charge in [-0.05, 0) is 44.7 Å². The monoisotopic (exact) mass is 530 g/mol. The highest BCUT2D eigenvalue weighted by molar-refractivity contribution is 7.22. The van der Waals surface area contributed by atoms with E-state index in [1.54, 1.807) is 13.0 Å². The molecular formula is C25H31ClN6O3S. The zero-order valence-corrected chi connectivity index (χ0v) is 22.0. The summed E-state index contributed by atoms with van der Waals surface area (Å²) in [6.07, 6.45) is 4.96. The van der Waals surface area contributed by atoms with Crippen LogP contribution >= 0.6 is 22.9 Å². The fraction of sp³-hybridized carbons (Fsp3) is 0.520. The summed E-state index contributed by atoms with van der Waals surface area (Å²) in [5.41, 5.74) is 2.10. The molecule has 36 heavy (non-hydrogen) atoms. The van der Waals surface area contributed by atoms with E-state index < -0.39 is 0 Å². The Morgan fingerprint density at radius 2 is 2.06 bits per heavy atom. The summed E-state index contributed by atoms with van der Waals surface area (Å²) in [5, 5.41) is 8.16. The van der Waals surface area contributed by atoms with E-state index in [2.05, 4.69) is 25.5 Å². The number of halogens is 1. The third kappa shape index (κ3) is 5.07. The minimum Gasteiger partial charge on any atom is -0.462 e. The van der Waals surface area contributed by atoms with Gasteiger partial charge in [-0.2, -0.15) is 0 Å². The fourth-order valence-electron chi connectivity index (χ4n) is 4.75. The van der Waals surface area contributed by atoms with Crippen molar-refractivity contribution in [3.63, 3.8) is 0 Å². The molecule has 1 aliphatic heterocycles. The minimum absolute atomic E-state index is 0.0484. The van der Waals surface area contributed by atoms with Crippen molar-refractivity contribution in [3.8, 4) is 0 Å². The number of benzene rings is 1. The molecule has 2 fully saturated rings. The normalized spacial score (nSPS) is 20.4. The van der Waals surface area contributed by atoms with Crippen molar-refractivity contribution in [2.45, 2.75) is 64.1 Å². The SMILES string of the molecule is CCOC(=O)c1cccc2nc(N3CC[C@@H](NC(=O)c4nc(Cl)c(CC)[nH]4)[C@@H](NC4CCC4)C3)sc12. The number of rotatable bonds is 8. The quantitative estimate of drug-likeness (QED) is 0.378. The number of piperidine rings is 1. The second kappa shape index (κ2) is 10.7. The van der Waals surface area contributed by atoms with E-state index in [0.717, 1.165) is 46.8 Å². The van der Waals surface area contributed by atoms with Gasteiger partial charge in [0.15, 0.2) is 16.1 Å². The number of fused-ring (bicyclic) bond motifs is 1. The number of anilines is 1. The van der Waals surface area contributed by atoms with Crippen LogP contribution in [-0.4, -0.2) is 64.7 Å². The number of hydrogen-bond acceptors (Lipinski definition) is 8. The number of amides is 1. The topological polar surface area (TPSA) is 112 Å². The van der Waals surface area contributed by atoms with Gasteiger partial charge in [-0.3, -0.25) is 4.79 Å². The van der Waals surface area contributed by atoms with Crippen molar-refractivity contribution in [2.24, 2.45) is 0 Å². The van der Waals surface area contributed by atoms with Gasteiger partial charge in [0, 0.05) is 31.2 Å². The fourth-order valence-corrected chi connectivity index (χ4v) is 6.12. The van der Waals surface area contributed by atoms with Crippen LogP contribution in [-0.2, 0) is 11.2 Å². The number of aryl methyl sites for hydroxylation is 1. The van der Waals surface area contributed by atoms with Gasteiger partial charge < -0.3 is 25.3 Å². The van der Waals surface area contributed by atoms with E-state index in [9.17, 15) is 9.59 Å². The van der Waals surface area contributed by atoms with E-state index in [1.807, 2.05) is 19.1 Å². The van der Waals surface area contributed by atoms with E-state index in [1.165, 1.54) is 17.8 Å². The third-order valence-electron chi connectivity index (χ3n) is 6.95. The Bertz CT molecular complexity index is 1260. The molecule has 1 aromatic carbocycles. The first-order valence-electron chi connectivity index (χ1n) is 12.6. The Kier molecular flexibility index (Phi) is 7.45. The van der Waals surface area contributed by atoms with Crippen LogP contribution in [0.1, 0.15) is 66.2 Å². The maximum atomic E-state index is 13.0. The van der Waals surface area contributed by atoms with Gasteiger partial charge in [-0.25, -0.2) is 14.8 Å². The van der Waals surface area contributed by atoms with Crippen LogP contribution in [0.15, 0.2) is 18.2 Å². The molecule has 1 saturated carbocycles. The van der Waals surface area contributed by atoms with E-state index in [0.29, 0.717) is 36.3 Å². The number of H-pyrrole nitrogens is 1. The van der Waals surface area contributed by atoms with Crippen LogP contribution in [0.5, 0.6) is 0 Å². The van der Waals surface area contributed by atoms with Crippen LogP contribution in [0.25, 0.3) is 10.2 Å². The van der Waals surface area contributed by atoms with Gasteiger partial charge >= 0.3 is 5.97 Å². The Hall–Kier alpha value is -2.69. The molecule has 1 aliphatic carbocycles. The summed E-state index contributed by atoms with van der Waals surface area (Å²) in [5.74, 6) is -0.317. The summed E-state index contributed by atoms with van der Waals surface area (Å²) in [4.78, 5) is 39.7. The highest BCUT2D eigenvalue weighted by atomic mass is 35.5. The Balaban J connectivity index is 1.34. The maximum absolute atomic E-state index is 13.0. The number of nitrogens with zero attached hydrogens (tertiary/aromatic N) is 3. The number of thiazole rings is 1. The lowest BCUT2D eigenvalue weighted by Crippen LogP contribution is -2.62. The third-order valence-corrected chi connectivity index (χ3v) is 8.43.